The molecular formula is C14H26N2O4. The Balaban J connectivity index is 2.95. The van der Waals surface area contributed by atoms with E-state index in [-0.39, 0.29) is 12.2 Å². The van der Waals surface area contributed by atoms with Crippen molar-refractivity contribution < 1.29 is 19.1 Å². The van der Waals surface area contributed by atoms with E-state index in [9.17, 15) is 9.59 Å². The summed E-state index contributed by atoms with van der Waals surface area (Å²) in [5.74, 6) is 0. The van der Waals surface area contributed by atoms with Gasteiger partial charge in [-0.2, -0.15) is 0 Å². The van der Waals surface area contributed by atoms with Crippen molar-refractivity contribution >= 4 is 12.2 Å². The molecule has 1 aliphatic rings. The Labute approximate surface area is 121 Å². The minimum absolute atomic E-state index is 0.339. The van der Waals surface area contributed by atoms with Crippen LogP contribution in [0.1, 0.15) is 41.5 Å². The van der Waals surface area contributed by atoms with Crippen LogP contribution in [0.4, 0.5) is 9.59 Å². The van der Waals surface area contributed by atoms with Gasteiger partial charge >= 0.3 is 12.2 Å². The van der Waals surface area contributed by atoms with Crippen LogP contribution in [0.5, 0.6) is 0 Å². The smallest absolute Gasteiger partial charge is 0.410 e. The first kappa shape index (κ1) is 16.6. The van der Waals surface area contributed by atoms with Crippen LogP contribution in [0.2, 0.25) is 0 Å². The van der Waals surface area contributed by atoms with Gasteiger partial charge in [0.2, 0.25) is 0 Å². The van der Waals surface area contributed by atoms with Gasteiger partial charge in [-0.3, -0.25) is 9.80 Å². The first-order valence-corrected chi connectivity index (χ1v) is 7.04. The minimum Gasteiger partial charge on any atom is -0.450 e. The normalized spacial score (nSPS) is 20.5. The van der Waals surface area contributed by atoms with Gasteiger partial charge in [-0.25, -0.2) is 9.59 Å². The Morgan fingerprint density at radius 1 is 0.850 bits per heavy atom. The van der Waals surface area contributed by atoms with Gasteiger partial charge in [0.15, 0.2) is 0 Å². The van der Waals surface area contributed by atoms with Gasteiger partial charge in [0.25, 0.3) is 0 Å². The molecule has 1 fully saturated rings. The molecule has 0 radical (unpaired) electrons. The Bertz CT molecular complexity index is 343. The lowest BCUT2D eigenvalue weighted by Gasteiger charge is -2.53. The fraction of sp³-hybridized carbons (Fsp3) is 0.857. The lowest BCUT2D eigenvalue weighted by molar-refractivity contribution is -0.0442. The maximum absolute atomic E-state index is 12.1. The molecule has 0 bridgehead atoms. The lowest BCUT2D eigenvalue weighted by Crippen LogP contribution is -2.69. The van der Waals surface area contributed by atoms with Crippen LogP contribution >= 0.6 is 0 Å². The average molecular weight is 286 g/mol. The largest absolute Gasteiger partial charge is 0.450 e. The zero-order chi connectivity index (χ0) is 15.6. The second-order valence-corrected chi connectivity index (χ2v) is 6.19. The van der Waals surface area contributed by atoms with E-state index in [1.807, 2.05) is 27.7 Å². The molecule has 2 amide bonds. The Morgan fingerprint density at radius 2 is 1.15 bits per heavy atom. The summed E-state index contributed by atoms with van der Waals surface area (Å²) in [7, 11) is 0. The summed E-state index contributed by atoms with van der Waals surface area (Å²) in [6.45, 7) is 12.8. The monoisotopic (exact) mass is 286 g/mol. The highest BCUT2D eigenvalue weighted by Gasteiger charge is 2.48. The van der Waals surface area contributed by atoms with E-state index in [4.69, 9.17) is 9.47 Å². The maximum atomic E-state index is 12.1. The van der Waals surface area contributed by atoms with Crippen LogP contribution < -0.4 is 0 Å². The van der Waals surface area contributed by atoms with Crippen molar-refractivity contribution in [2.24, 2.45) is 0 Å². The summed E-state index contributed by atoms with van der Waals surface area (Å²) >= 11 is 0. The number of carbonyl (C=O) groups excluding carboxylic acids is 2. The first-order valence-electron chi connectivity index (χ1n) is 7.04. The zero-order valence-corrected chi connectivity index (χ0v) is 13.4. The van der Waals surface area contributed by atoms with Gasteiger partial charge < -0.3 is 9.47 Å². The molecule has 0 atom stereocenters. The van der Waals surface area contributed by atoms with E-state index in [2.05, 4.69) is 0 Å². The average Bonchev–Trinajstić information content (AvgIpc) is 2.32. The molecule has 0 spiro atoms. The molecule has 0 saturated carbocycles. The molecule has 1 saturated heterocycles. The second-order valence-electron chi connectivity index (χ2n) is 6.19. The summed E-state index contributed by atoms with van der Waals surface area (Å²) in [6.07, 6.45) is -0.678. The van der Waals surface area contributed by atoms with Gasteiger partial charge in [-0.05, 0) is 41.5 Å². The number of hydrogen-bond donors (Lipinski definition) is 0. The number of rotatable bonds is 2. The Hall–Kier alpha value is -1.46. The third-order valence-corrected chi connectivity index (χ3v) is 3.53. The molecule has 0 unspecified atom stereocenters. The van der Waals surface area contributed by atoms with Crippen molar-refractivity contribution in [2.45, 2.75) is 52.6 Å². The van der Waals surface area contributed by atoms with Crippen LogP contribution in [-0.4, -0.2) is 59.4 Å². The molecule has 0 aromatic rings. The van der Waals surface area contributed by atoms with Gasteiger partial charge in [0.1, 0.15) is 0 Å². The van der Waals surface area contributed by atoms with Crippen molar-refractivity contribution in [1.82, 2.24) is 9.80 Å². The molecule has 116 valence electrons. The predicted octanol–water partition coefficient (Wildman–Crippen LogP) is 2.47. The number of hydrogen-bond acceptors (Lipinski definition) is 4. The lowest BCUT2D eigenvalue weighted by atomic mass is 9.90. The summed E-state index contributed by atoms with van der Waals surface area (Å²) in [5, 5.41) is 0. The number of nitrogens with zero attached hydrogens (tertiary/aromatic N) is 2. The van der Waals surface area contributed by atoms with Crippen LogP contribution in [0.15, 0.2) is 0 Å². The molecule has 0 N–H and O–H groups in total. The van der Waals surface area contributed by atoms with Crippen LogP contribution in [0.3, 0.4) is 0 Å². The molecule has 0 aromatic heterocycles. The molecule has 1 aliphatic heterocycles. The molecule has 6 nitrogen and oxygen atoms in total. The number of amides is 2. The molecule has 20 heavy (non-hydrogen) atoms. The van der Waals surface area contributed by atoms with E-state index in [0.29, 0.717) is 26.3 Å². The first-order chi connectivity index (χ1) is 9.15. The highest BCUT2D eigenvalue weighted by Crippen LogP contribution is 2.31. The van der Waals surface area contributed by atoms with Gasteiger partial charge in [-0.15, -0.1) is 0 Å². The third kappa shape index (κ3) is 3.35. The second kappa shape index (κ2) is 5.89. The third-order valence-electron chi connectivity index (χ3n) is 3.53. The van der Waals surface area contributed by atoms with Gasteiger partial charge in [0.05, 0.1) is 24.3 Å². The SMILES string of the molecule is CCOC(=O)N1CC(C)(C)N(C(=O)OCC)CC1(C)C. The quantitative estimate of drug-likeness (QED) is 0.782. The van der Waals surface area contributed by atoms with E-state index in [0.717, 1.165) is 0 Å². The van der Waals surface area contributed by atoms with Crippen molar-refractivity contribution in [3.63, 3.8) is 0 Å². The topological polar surface area (TPSA) is 59.1 Å². The van der Waals surface area contributed by atoms with Gasteiger partial charge in [0, 0.05) is 13.1 Å². The van der Waals surface area contributed by atoms with E-state index in [1.54, 1.807) is 23.6 Å². The summed E-state index contributed by atoms with van der Waals surface area (Å²) in [4.78, 5) is 27.5. The molecular weight excluding hydrogens is 260 g/mol. The van der Waals surface area contributed by atoms with Crippen LogP contribution in [0.25, 0.3) is 0 Å². The van der Waals surface area contributed by atoms with Crippen molar-refractivity contribution in [3.8, 4) is 0 Å². The van der Waals surface area contributed by atoms with Crippen molar-refractivity contribution in [1.29, 1.82) is 0 Å². The number of ether oxygens (including phenoxy) is 2. The van der Waals surface area contributed by atoms with E-state index in [1.165, 1.54) is 0 Å². The summed E-state index contributed by atoms with van der Waals surface area (Å²) in [5.41, 5.74) is -0.983. The summed E-state index contributed by atoms with van der Waals surface area (Å²) < 4.78 is 10.2. The standard InChI is InChI=1S/C14H26N2O4/c1-7-19-11(17)15-9-14(5,6)16(10-13(15,3)4)12(18)20-8-2/h7-10H2,1-6H3. The number of carbonyl (C=O) groups is 2. The van der Waals surface area contributed by atoms with Crippen LogP contribution in [0, 0.1) is 0 Å². The fourth-order valence-corrected chi connectivity index (χ4v) is 2.40. The number of piperazine rings is 1. The summed E-state index contributed by atoms with van der Waals surface area (Å²) in [6, 6.07) is 0. The molecule has 0 aromatic carbocycles. The highest BCUT2D eigenvalue weighted by molar-refractivity contribution is 5.72. The highest BCUT2D eigenvalue weighted by atomic mass is 16.6. The van der Waals surface area contributed by atoms with Crippen molar-refractivity contribution in [2.75, 3.05) is 26.3 Å². The molecule has 1 heterocycles. The van der Waals surface area contributed by atoms with E-state index >= 15 is 0 Å². The Kier molecular flexibility index (Phi) is 4.89. The Morgan fingerprint density at radius 3 is 1.40 bits per heavy atom. The molecule has 6 heteroatoms. The van der Waals surface area contributed by atoms with E-state index < -0.39 is 11.1 Å². The fourth-order valence-electron chi connectivity index (χ4n) is 2.40. The van der Waals surface area contributed by atoms with Crippen molar-refractivity contribution in [3.05, 3.63) is 0 Å². The maximum Gasteiger partial charge on any atom is 0.410 e. The molecule has 0 aliphatic carbocycles. The predicted molar refractivity (Wildman–Crippen MR) is 75.6 cm³/mol. The molecule has 1 rings (SSSR count). The van der Waals surface area contributed by atoms with Crippen LogP contribution in [-0.2, 0) is 9.47 Å². The minimum atomic E-state index is -0.492. The zero-order valence-electron chi connectivity index (χ0n) is 13.4. The van der Waals surface area contributed by atoms with Gasteiger partial charge in [-0.1, -0.05) is 0 Å².